The molecule has 1 aromatic carbocycles. The molecule has 0 atom stereocenters. The monoisotopic (exact) mass is 391 g/mol. The smallest absolute Gasteiger partial charge is 0.349 e. The fourth-order valence-electron chi connectivity index (χ4n) is 2.61. The highest BCUT2D eigenvalue weighted by Gasteiger charge is 2.19. The zero-order valence-corrected chi connectivity index (χ0v) is 16.6. The van der Waals surface area contributed by atoms with Gasteiger partial charge in [0.25, 0.3) is 5.91 Å². The molecule has 7 heteroatoms. The molecule has 0 aliphatic carbocycles. The Morgan fingerprint density at radius 3 is 2.41 bits per heavy atom. The molecule has 0 aliphatic heterocycles. The van der Waals surface area contributed by atoms with Crippen molar-refractivity contribution in [3.63, 3.8) is 0 Å². The molecule has 0 saturated heterocycles. The summed E-state index contributed by atoms with van der Waals surface area (Å²) >= 11 is 0. The first-order valence-electron chi connectivity index (χ1n) is 8.88. The summed E-state index contributed by atoms with van der Waals surface area (Å²) in [6.07, 6.45) is 1.27. The van der Waals surface area contributed by atoms with Gasteiger partial charge in [-0.25, -0.2) is 13.2 Å². The molecule has 1 amide bonds. The second kappa shape index (κ2) is 8.99. The molecule has 0 radical (unpaired) electrons. The van der Waals surface area contributed by atoms with Crippen LogP contribution in [0.4, 0.5) is 0 Å². The summed E-state index contributed by atoms with van der Waals surface area (Å²) in [5.74, 6) is -0.272. The number of benzene rings is 1. The first-order valence-corrected chi connectivity index (χ1v) is 10.6. The van der Waals surface area contributed by atoms with Gasteiger partial charge in [0.15, 0.2) is 9.84 Å². The van der Waals surface area contributed by atoms with E-state index >= 15 is 0 Å². The molecule has 1 heterocycles. The van der Waals surface area contributed by atoms with Crippen molar-refractivity contribution in [2.24, 2.45) is 0 Å². The maximum atomic E-state index is 12.3. The number of hydrogen-bond acceptors (Lipinski definition) is 5. The van der Waals surface area contributed by atoms with Crippen molar-refractivity contribution in [2.75, 3.05) is 12.3 Å². The molecule has 0 bridgehead atoms. The highest BCUT2D eigenvalue weighted by Crippen LogP contribution is 2.10. The fraction of sp³-hybridized carbons (Fsp3) is 0.400. The molecule has 146 valence electrons. The summed E-state index contributed by atoms with van der Waals surface area (Å²) in [7, 11) is -3.25. The van der Waals surface area contributed by atoms with Crippen LogP contribution in [0.5, 0.6) is 0 Å². The third-order valence-electron chi connectivity index (χ3n) is 4.32. The van der Waals surface area contributed by atoms with Gasteiger partial charge >= 0.3 is 5.63 Å². The largest absolute Gasteiger partial charge is 0.427 e. The molecule has 2 rings (SSSR count). The van der Waals surface area contributed by atoms with Crippen molar-refractivity contribution in [2.45, 2.75) is 38.9 Å². The highest BCUT2D eigenvalue weighted by atomic mass is 32.2. The van der Waals surface area contributed by atoms with Gasteiger partial charge in [-0.1, -0.05) is 30.3 Å². The van der Waals surface area contributed by atoms with Crippen LogP contribution in [-0.4, -0.2) is 31.9 Å². The molecule has 0 aliphatic rings. The molecule has 27 heavy (non-hydrogen) atoms. The summed E-state index contributed by atoms with van der Waals surface area (Å²) in [5, 5.41) is 1.98. The molecular formula is C20H25NO5S. The van der Waals surface area contributed by atoms with Crippen LogP contribution < -0.4 is 10.9 Å². The molecular weight excluding hydrogens is 366 g/mol. The van der Waals surface area contributed by atoms with E-state index in [-0.39, 0.29) is 17.9 Å². The van der Waals surface area contributed by atoms with E-state index in [9.17, 15) is 18.0 Å². The second-order valence-corrected chi connectivity index (χ2v) is 9.39. The quantitative estimate of drug-likeness (QED) is 0.745. The van der Waals surface area contributed by atoms with Crippen molar-refractivity contribution < 1.29 is 17.6 Å². The number of amides is 1. The van der Waals surface area contributed by atoms with Crippen molar-refractivity contribution in [1.29, 1.82) is 0 Å². The summed E-state index contributed by atoms with van der Waals surface area (Å²) in [5.41, 5.74) is 0.854. The van der Waals surface area contributed by atoms with Crippen LogP contribution in [0.2, 0.25) is 0 Å². The molecule has 0 saturated carbocycles. The third kappa shape index (κ3) is 5.79. The first kappa shape index (κ1) is 20.9. The fourth-order valence-corrected chi connectivity index (χ4v) is 3.47. The van der Waals surface area contributed by atoms with E-state index in [1.807, 2.05) is 30.3 Å². The molecule has 1 N–H and O–H groups in total. The predicted octanol–water partition coefficient (Wildman–Crippen LogP) is 2.29. The lowest BCUT2D eigenvalue weighted by atomic mass is 10.1. The van der Waals surface area contributed by atoms with Gasteiger partial charge in [0, 0.05) is 13.0 Å². The summed E-state index contributed by atoms with van der Waals surface area (Å²) in [4.78, 5) is 24.5. The van der Waals surface area contributed by atoms with E-state index in [0.29, 0.717) is 17.7 Å². The third-order valence-corrected chi connectivity index (χ3v) is 6.53. The van der Waals surface area contributed by atoms with E-state index in [0.717, 1.165) is 12.0 Å². The van der Waals surface area contributed by atoms with Crippen molar-refractivity contribution in [3.05, 3.63) is 69.3 Å². The second-order valence-electron chi connectivity index (χ2n) is 6.72. The molecule has 0 spiro atoms. The average molecular weight is 391 g/mol. The molecule has 1 aromatic heterocycles. The number of nitrogens with one attached hydrogen (secondary N) is 1. The van der Waals surface area contributed by atoms with Gasteiger partial charge in [0.05, 0.1) is 11.0 Å². The number of hydrogen-bond donors (Lipinski definition) is 1. The minimum absolute atomic E-state index is 0.0476. The Labute approximate surface area is 159 Å². The van der Waals surface area contributed by atoms with E-state index in [1.54, 1.807) is 26.8 Å². The zero-order chi connectivity index (χ0) is 20.0. The summed E-state index contributed by atoms with van der Waals surface area (Å²) in [6.45, 7) is 4.80. The van der Waals surface area contributed by atoms with Crippen LogP contribution in [-0.2, 0) is 22.7 Å². The maximum absolute atomic E-state index is 12.3. The zero-order valence-electron chi connectivity index (χ0n) is 15.8. The van der Waals surface area contributed by atoms with Crippen molar-refractivity contribution in [3.8, 4) is 0 Å². The molecule has 0 fully saturated rings. The van der Waals surface area contributed by atoms with Gasteiger partial charge in [0.1, 0.15) is 11.3 Å². The van der Waals surface area contributed by atoms with Crippen LogP contribution >= 0.6 is 0 Å². The molecule has 0 unspecified atom stereocenters. The van der Waals surface area contributed by atoms with Crippen molar-refractivity contribution >= 4 is 15.7 Å². The Morgan fingerprint density at radius 2 is 1.81 bits per heavy atom. The number of sulfone groups is 1. The summed E-state index contributed by atoms with van der Waals surface area (Å²) in [6, 6.07) is 11.5. The normalized spacial score (nSPS) is 11.6. The summed E-state index contributed by atoms with van der Waals surface area (Å²) < 4.78 is 28.9. The van der Waals surface area contributed by atoms with E-state index < -0.39 is 26.6 Å². The molecule has 2 aromatic rings. The number of carbonyl (C=O) groups excluding carboxylic acids is 1. The Morgan fingerprint density at radius 1 is 1.15 bits per heavy atom. The lowest BCUT2D eigenvalue weighted by molar-refractivity contribution is 0.0951. The van der Waals surface area contributed by atoms with Crippen LogP contribution in [0.25, 0.3) is 0 Å². The van der Waals surface area contributed by atoms with Crippen LogP contribution in [0.3, 0.4) is 0 Å². The standard InChI is InChI=1S/C20H25NO5S/c1-14(2)27(24,25)12-11-21-19(22)18-15(3)13-17(26-20(18)23)10-9-16-7-5-4-6-8-16/h4-8,13-14H,9-12H2,1-3H3,(H,21,22). The SMILES string of the molecule is Cc1cc(CCc2ccccc2)oc(=O)c1C(=O)NCCS(=O)(=O)C(C)C. The number of rotatable bonds is 8. The Balaban J connectivity index is 2.03. The highest BCUT2D eigenvalue weighted by molar-refractivity contribution is 7.92. The van der Waals surface area contributed by atoms with Crippen molar-refractivity contribution in [1.82, 2.24) is 5.32 Å². The van der Waals surface area contributed by atoms with Crippen LogP contribution in [0.1, 0.15) is 41.1 Å². The van der Waals surface area contributed by atoms with E-state index in [2.05, 4.69) is 5.32 Å². The predicted molar refractivity (Wildman–Crippen MR) is 105 cm³/mol. The Kier molecular flexibility index (Phi) is 6.96. The number of aryl methyl sites for hydroxylation is 3. The Bertz CT molecular complexity index is 946. The van der Waals surface area contributed by atoms with Gasteiger partial charge < -0.3 is 9.73 Å². The van der Waals surface area contributed by atoms with Gasteiger partial charge in [-0.2, -0.15) is 0 Å². The van der Waals surface area contributed by atoms with Gasteiger partial charge in [-0.3, -0.25) is 4.79 Å². The van der Waals surface area contributed by atoms with Gasteiger partial charge in [-0.15, -0.1) is 0 Å². The first-order chi connectivity index (χ1) is 12.7. The minimum atomic E-state index is -3.25. The Hall–Kier alpha value is -2.41. The number of carbonyl (C=O) groups is 1. The topological polar surface area (TPSA) is 93.4 Å². The lowest BCUT2D eigenvalue weighted by Crippen LogP contribution is -2.34. The molecule has 6 nitrogen and oxygen atoms in total. The average Bonchev–Trinajstić information content (AvgIpc) is 2.60. The van der Waals surface area contributed by atoms with Crippen LogP contribution in [0.15, 0.2) is 45.6 Å². The lowest BCUT2D eigenvalue weighted by Gasteiger charge is -2.10. The van der Waals surface area contributed by atoms with E-state index in [4.69, 9.17) is 4.42 Å². The minimum Gasteiger partial charge on any atom is -0.427 e. The van der Waals surface area contributed by atoms with E-state index in [1.165, 1.54) is 0 Å². The van der Waals surface area contributed by atoms with Crippen LogP contribution in [0, 0.1) is 6.92 Å². The van der Waals surface area contributed by atoms with Gasteiger partial charge in [-0.05, 0) is 44.4 Å². The maximum Gasteiger partial charge on any atom is 0.349 e. The van der Waals surface area contributed by atoms with Gasteiger partial charge in [0.2, 0.25) is 0 Å².